The number of benzene rings is 1. The topological polar surface area (TPSA) is 142 Å². The average Bonchev–Trinajstić information content (AvgIpc) is 3.43. The van der Waals surface area contributed by atoms with Crippen LogP contribution in [0.1, 0.15) is 37.7 Å². The van der Waals surface area contributed by atoms with E-state index in [0.29, 0.717) is 5.56 Å². The second-order valence-corrected chi connectivity index (χ2v) is 6.13. The molecule has 0 saturated heterocycles. The van der Waals surface area contributed by atoms with Gasteiger partial charge >= 0.3 is 5.97 Å². The Morgan fingerprint density at radius 1 is 1.31 bits per heavy atom. The molecule has 0 aliphatic heterocycles. The Bertz CT molecular complexity index is 699. The summed E-state index contributed by atoms with van der Waals surface area (Å²) in [5, 5.41) is 13.4. The van der Waals surface area contributed by atoms with Crippen molar-refractivity contribution in [1.82, 2.24) is 5.32 Å². The predicted octanol–water partition coefficient (Wildman–Crippen LogP) is 1.01. The summed E-state index contributed by atoms with van der Waals surface area (Å²) in [4.78, 5) is 46.3. The predicted molar refractivity (Wildman–Crippen MR) is 90.9 cm³/mol. The van der Waals surface area contributed by atoms with E-state index in [1.165, 1.54) is 24.3 Å². The largest absolute Gasteiger partial charge is 0.466 e. The summed E-state index contributed by atoms with van der Waals surface area (Å²) in [7, 11) is 0. The highest BCUT2D eigenvalue weighted by Crippen LogP contribution is 2.31. The number of hydrogen-bond acceptors (Lipinski definition) is 6. The zero-order chi connectivity index (χ0) is 19.3. The molecule has 3 N–H and O–H groups in total. The zero-order valence-electron chi connectivity index (χ0n) is 14.3. The molecule has 0 aromatic heterocycles. The molecule has 1 aliphatic rings. The van der Waals surface area contributed by atoms with Crippen molar-refractivity contribution in [2.24, 2.45) is 11.7 Å². The Hall–Kier alpha value is -2.97. The van der Waals surface area contributed by atoms with E-state index in [0.717, 1.165) is 12.8 Å². The molecule has 0 unspecified atom stereocenters. The number of carbonyl (C=O) groups excluding carboxylic acids is 3. The molecule has 0 bridgehead atoms. The lowest BCUT2D eigenvalue weighted by molar-refractivity contribution is -0.384. The van der Waals surface area contributed by atoms with E-state index in [9.17, 15) is 24.5 Å². The third-order valence-corrected chi connectivity index (χ3v) is 4.18. The highest BCUT2D eigenvalue weighted by atomic mass is 16.6. The van der Waals surface area contributed by atoms with Crippen LogP contribution < -0.4 is 11.1 Å². The normalized spacial score (nSPS) is 15.6. The first kappa shape index (κ1) is 19.4. The highest BCUT2D eigenvalue weighted by Gasteiger charge is 2.36. The van der Waals surface area contributed by atoms with Gasteiger partial charge < -0.3 is 15.8 Å². The summed E-state index contributed by atoms with van der Waals surface area (Å²) in [6, 6.07) is 4.32. The van der Waals surface area contributed by atoms with Crippen molar-refractivity contribution in [2.45, 2.75) is 38.1 Å². The van der Waals surface area contributed by atoms with Crippen molar-refractivity contribution in [3.05, 3.63) is 39.9 Å². The average molecular weight is 363 g/mol. The van der Waals surface area contributed by atoms with Crippen LogP contribution >= 0.6 is 0 Å². The molecule has 1 aromatic rings. The van der Waals surface area contributed by atoms with Crippen LogP contribution in [0.5, 0.6) is 0 Å². The number of esters is 1. The standard InChI is InChI=1S/C17H21N3O6/c1-2-26-14(21)9-13(10-5-7-12(8-6-10)20(24)25)15(16(18)22)19-17(23)11-3-4-11/h5-8,11,13,15H,2-4,9H2,1H3,(H2,18,22)(H,19,23)/t13-,15+/m1/s1. The van der Waals surface area contributed by atoms with Crippen LogP contribution in [-0.2, 0) is 19.1 Å². The monoisotopic (exact) mass is 363 g/mol. The molecular weight excluding hydrogens is 342 g/mol. The molecule has 1 saturated carbocycles. The maximum atomic E-state index is 12.1. The lowest BCUT2D eigenvalue weighted by Crippen LogP contribution is -2.49. The fourth-order valence-corrected chi connectivity index (χ4v) is 2.66. The number of nitrogens with one attached hydrogen (secondary N) is 1. The highest BCUT2D eigenvalue weighted by molar-refractivity contribution is 5.90. The van der Waals surface area contributed by atoms with Gasteiger partial charge in [0.25, 0.3) is 5.69 Å². The van der Waals surface area contributed by atoms with Crippen LogP contribution in [0.3, 0.4) is 0 Å². The number of non-ortho nitro benzene ring substituents is 1. The maximum absolute atomic E-state index is 12.1. The first-order chi connectivity index (χ1) is 12.3. The van der Waals surface area contributed by atoms with Gasteiger partial charge in [-0.1, -0.05) is 12.1 Å². The number of nitro benzene ring substituents is 1. The molecular formula is C17H21N3O6. The molecule has 1 aliphatic carbocycles. The van der Waals surface area contributed by atoms with Crippen molar-refractivity contribution in [3.63, 3.8) is 0 Å². The van der Waals surface area contributed by atoms with Crippen LogP contribution in [-0.4, -0.2) is 35.4 Å². The third-order valence-electron chi connectivity index (χ3n) is 4.18. The molecule has 0 radical (unpaired) electrons. The van der Waals surface area contributed by atoms with Crippen LogP contribution in [0.15, 0.2) is 24.3 Å². The summed E-state index contributed by atoms with van der Waals surface area (Å²) in [5.41, 5.74) is 5.81. The Balaban J connectivity index is 2.29. The molecule has 2 atom stereocenters. The van der Waals surface area contributed by atoms with E-state index >= 15 is 0 Å². The zero-order valence-corrected chi connectivity index (χ0v) is 14.3. The molecule has 1 fully saturated rings. The van der Waals surface area contributed by atoms with Gasteiger partial charge in [0.15, 0.2) is 0 Å². The van der Waals surface area contributed by atoms with Gasteiger partial charge in [-0.05, 0) is 25.3 Å². The van der Waals surface area contributed by atoms with Crippen LogP contribution in [0.2, 0.25) is 0 Å². The van der Waals surface area contributed by atoms with Crippen molar-refractivity contribution in [2.75, 3.05) is 6.61 Å². The fraction of sp³-hybridized carbons (Fsp3) is 0.471. The van der Waals surface area contributed by atoms with Gasteiger partial charge in [-0.2, -0.15) is 0 Å². The van der Waals surface area contributed by atoms with E-state index < -0.39 is 28.8 Å². The van der Waals surface area contributed by atoms with Crippen molar-refractivity contribution < 1.29 is 24.0 Å². The number of nitro groups is 1. The summed E-state index contributed by atoms with van der Waals surface area (Å²) in [6.45, 7) is 1.82. The van der Waals surface area contributed by atoms with Crippen LogP contribution in [0.25, 0.3) is 0 Å². The molecule has 2 amide bonds. The van der Waals surface area contributed by atoms with Crippen LogP contribution in [0, 0.1) is 16.0 Å². The van der Waals surface area contributed by atoms with E-state index in [4.69, 9.17) is 10.5 Å². The van der Waals surface area contributed by atoms with Gasteiger partial charge in [-0.3, -0.25) is 24.5 Å². The van der Waals surface area contributed by atoms with Gasteiger partial charge in [0.2, 0.25) is 11.8 Å². The molecule has 26 heavy (non-hydrogen) atoms. The Morgan fingerprint density at radius 2 is 1.92 bits per heavy atom. The van der Waals surface area contributed by atoms with Gasteiger partial charge in [-0.25, -0.2) is 0 Å². The number of rotatable bonds is 9. The lowest BCUT2D eigenvalue weighted by Gasteiger charge is -2.25. The quantitative estimate of drug-likeness (QED) is 0.381. The van der Waals surface area contributed by atoms with Gasteiger partial charge in [0.05, 0.1) is 18.0 Å². The molecule has 0 spiro atoms. The maximum Gasteiger partial charge on any atom is 0.306 e. The van der Waals surface area contributed by atoms with E-state index in [2.05, 4.69) is 5.32 Å². The minimum atomic E-state index is -1.12. The van der Waals surface area contributed by atoms with Gasteiger partial charge in [0, 0.05) is 24.0 Å². The number of hydrogen-bond donors (Lipinski definition) is 2. The number of nitrogens with zero attached hydrogens (tertiary/aromatic N) is 1. The number of carbonyl (C=O) groups is 3. The third kappa shape index (κ3) is 5.01. The lowest BCUT2D eigenvalue weighted by atomic mass is 9.87. The van der Waals surface area contributed by atoms with Crippen LogP contribution in [0.4, 0.5) is 5.69 Å². The van der Waals surface area contributed by atoms with E-state index in [-0.39, 0.29) is 30.5 Å². The minimum absolute atomic E-state index is 0.124. The SMILES string of the molecule is CCOC(=O)C[C@H](c1ccc([N+](=O)[O-])cc1)[C@H](NC(=O)C1CC1)C(N)=O. The molecule has 9 heteroatoms. The summed E-state index contributed by atoms with van der Waals surface area (Å²) in [6.07, 6.45) is 1.30. The molecule has 2 rings (SSSR count). The van der Waals surface area contributed by atoms with Crippen molar-refractivity contribution in [1.29, 1.82) is 0 Å². The summed E-state index contributed by atoms with van der Waals surface area (Å²) < 4.78 is 4.94. The second-order valence-electron chi connectivity index (χ2n) is 6.13. The summed E-state index contributed by atoms with van der Waals surface area (Å²) >= 11 is 0. The Kier molecular flexibility index (Phi) is 6.26. The van der Waals surface area contributed by atoms with Gasteiger partial charge in [0.1, 0.15) is 6.04 Å². The number of nitrogens with two attached hydrogens (primary N) is 1. The molecule has 140 valence electrons. The van der Waals surface area contributed by atoms with Crippen molar-refractivity contribution >= 4 is 23.5 Å². The molecule has 9 nitrogen and oxygen atoms in total. The fourth-order valence-electron chi connectivity index (χ4n) is 2.66. The molecule has 0 heterocycles. The Labute approximate surface area is 150 Å². The van der Waals surface area contributed by atoms with Crippen molar-refractivity contribution in [3.8, 4) is 0 Å². The smallest absolute Gasteiger partial charge is 0.306 e. The summed E-state index contributed by atoms with van der Waals surface area (Å²) in [5.74, 6) is -2.55. The van der Waals surface area contributed by atoms with E-state index in [1.807, 2.05) is 0 Å². The first-order valence-corrected chi connectivity index (χ1v) is 8.33. The number of ether oxygens (including phenoxy) is 1. The number of amides is 2. The van der Waals surface area contributed by atoms with E-state index in [1.54, 1.807) is 6.92 Å². The Morgan fingerprint density at radius 3 is 2.38 bits per heavy atom. The minimum Gasteiger partial charge on any atom is -0.466 e. The number of primary amides is 1. The van der Waals surface area contributed by atoms with Gasteiger partial charge in [-0.15, -0.1) is 0 Å². The first-order valence-electron chi connectivity index (χ1n) is 8.33. The second kappa shape index (κ2) is 8.41. The molecule has 1 aromatic carbocycles.